The van der Waals surface area contributed by atoms with Gasteiger partial charge in [-0.2, -0.15) is 0 Å². The Labute approximate surface area is 115 Å². The lowest BCUT2D eigenvalue weighted by Gasteiger charge is -2.40. The van der Waals surface area contributed by atoms with Gasteiger partial charge in [-0.25, -0.2) is 9.97 Å². The van der Waals surface area contributed by atoms with Crippen LogP contribution in [0, 0.1) is 6.92 Å². The highest BCUT2D eigenvalue weighted by Crippen LogP contribution is 2.35. The van der Waals surface area contributed by atoms with Gasteiger partial charge < -0.3 is 15.8 Å². The Kier molecular flexibility index (Phi) is 3.94. The largest absolute Gasteiger partial charge is 0.383 e. The van der Waals surface area contributed by atoms with E-state index in [1.165, 1.54) is 6.42 Å². The molecule has 1 heterocycles. The highest BCUT2D eigenvalue weighted by Gasteiger charge is 2.36. The van der Waals surface area contributed by atoms with Crippen LogP contribution < -0.4 is 11.1 Å². The molecule has 0 bridgehead atoms. The van der Waals surface area contributed by atoms with Crippen molar-refractivity contribution in [3.8, 4) is 0 Å². The van der Waals surface area contributed by atoms with Gasteiger partial charge in [-0.1, -0.05) is 13.8 Å². The van der Waals surface area contributed by atoms with Crippen LogP contribution in [0.25, 0.3) is 0 Å². The van der Waals surface area contributed by atoms with Gasteiger partial charge in [0.15, 0.2) is 0 Å². The number of methoxy groups -OCH3 is 1. The maximum Gasteiger partial charge on any atom is 0.135 e. The number of rotatable bonds is 5. The topological polar surface area (TPSA) is 73.1 Å². The number of hydrogen-bond acceptors (Lipinski definition) is 5. The molecule has 0 atom stereocenters. The molecule has 0 aliphatic heterocycles. The molecule has 1 aromatic rings. The second-order valence-corrected chi connectivity index (χ2v) is 5.69. The molecule has 0 spiro atoms. The van der Waals surface area contributed by atoms with Crippen molar-refractivity contribution in [3.63, 3.8) is 0 Å². The summed E-state index contributed by atoms with van der Waals surface area (Å²) in [7, 11) is 1.78. The summed E-state index contributed by atoms with van der Waals surface area (Å²) >= 11 is 0. The third-order valence-electron chi connectivity index (χ3n) is 3.99. The first-order valence-electron chi connectivity index (χ1n) is 6.90. The fourth-order valence-corrected chi connectivity index (χ4v) is 2.25. The molecule has 0 unspecified atom stereocenters. The van der Waals surface area contributed by atoms with Gasteiger partial charge in [-0.15, -0.1) is 0 Å². The first-order valence-corrected chi connectivity index (χ1v) is 6.90. The zero-order valence-electron chi connectivity index (χ0n) is 12.3. The normalized spacial score (nSPS) is 17.3. The Morgan fingerprint density at radius 1 is 1.37 bits per heavy atom. The van der Waals surface area contributed by atoms with E-state index >= 15 is 0 Å². The molecular weight excluding hydrogens is 240 g/mol. The summed E-state index contributed by atoms with van der Waals surface area (Å²) in [5.74, 6) is 2.44. The van der Waals surface area contributed by atoms with Gasteiger partial charge in [0, 0.05) is 25.1 Å². The molecule has 0 aromatic carbocycles. The van der Waals surface area contributed by atoms with Crippen LogP contribution in [0.15, 0.2) is 0 Å². The van der Waals surface area contributed by atoms with E-state index < -0.39 is 0 Å². The number of aromatic nitrogens is 2. The summed E-state index contributed by atoms with van der Waals surface area (Å²) in [6.07, 6.45) is 3.44. The highest BCUT2D eigenvalue weighted by atomic mass is 16.5. The number of nitrogens with zero attached hydrogens (tertiary/aromatic N) is 2. The fraction of sp³-hybridized carbons (Fsp3) is 0.714. The first-order chi connectivity index (χ1) is 8.97. The third kappa shape index (κ3) is 2.81. The molecule has 0 amide bonds. The van der Waals surface area contributed by atoms with Gasteiger partial charge in [0.2, 0.25) is 0 Å². The Morgan fingerprint density at radius 3 is 2.53 bits per heavy atom. The molecule has 5 heteroatoms. The maximum absolute atomic E-state index is 5.96. The van der Waals surface area contributed by atoms with Crippen LogP contribution in [0.3, 0.4) is 0 Å². The van der Waals surface area contributed by atoms with E-state index in [4.69, 9.17) is 10.5 Å². The molecule has 1 aliphatic rings. The van der Waals surface area contributed by atoms with Gasteiger partial charge in [0.25, 0.3) is 0 Å². The summed E-state index contributed by atoms with van der Waals surface area (Å²) in [4.78, 5) is 8.90. The van der Waals surface area contributed by atoms with Crippen molar-refractivity contribution in [1.82, 2.24) is 9.97 Å². The van der Waals surface area contributed by atoms with Crippen molar-refractivity contribution >= 4 is 11.6 Å². The molecule has 19 heavy (non-hydrogen) atoms. The Hall–Kier alpha value is -1.36. The van der Waals surface area contributed by atoms with Crippen molar-refractivity contribution in [1.29, 1.82) is 0 Å². The lowest BCUT2D eigenvalue weighted by molar-refractivity contribution is -0.0601. The summed E-state index contributed by atoms with van der Waals surface area (Å²) in [5.41, 5.74) is 6.84. The second-order valence-electron chi connectivity index (χ2n) is 5.69. The zero-order valence-corrected chi connectivity index (χ0v) is 12.3. The lowest BCUT2D eigenvalue weighted by atomic mass is 9.80. The summed E-state index contributed by atoms with van der Waals surface area (Å²) in [6.45, 7) is 6.85. The number of anilines is 2. The van der Waals surface area contributed by atoms with Gasteiger partial charge in [-0.3, -0.25) is 0 Å². The van der Waals surface area contributed by atoms with Crippen LogP contribution >= 0.6 is 0 Å². The average Bonchev–Trinajstić information content (AvgIpc) is 2.32. The fourth-order valence-electron chi connectivity index (χ4n) is 2.25. The van der Waals surface area contributed by atoms with E-state index in [0.717, 1.165) is 36.6 Å². The number of nitrogens with two attached hydrogens (primary N) is 1. The van der Waals surface area contributed by atoms with E-state index in [1.54, 1.807) is 7.11 Å². The SMILES string of the molecule is COC1(CNc2nc(C(C)C)nc(N)c2C)CCC1. The summed E-state index contributed by atoms with van der Waals surface area (Å²) in [5, 5.41) is 3.39. The minimum atomic E-state index is -0.0237. The van der Waals surface area contributed by atoms with Crippen molar-refractivity contribution in [3.05, 3.63) is 11.4 Å². The first kappa shape index (κ1) is 14.1. The van der Waals surface area contributed by atoms with Crippen molar-refractivity contribution < 1.29 is 4.74 Å². The standard InChI is InChI=1S/C14H24N4O/c1-9(2)12-17-11(15)10(3)13(18-12)16-8-14(19-4)6-5-7-14/h9H,5-8H2,1-4H3,(H3,15,16,17,18). The van der Waals surface area contributed by atoms with E-state index in [1.807, 2.05) is 6.92 Å². The average molecular weight is 264 g/mol. The van der Waals surface area contributed by atoms with E-state index in [0.29, 0.717) is 5.82 Å². The zero-order chi connectivity index (χ0) is 14.0. The molecule has 1 aromatic heterocycles. The number of nitrogens with one attached hydrogen (secondary N) is 1. The van der Waals surface area contributed by atoms with Gasteiger partial charge in [-0.05, 0) is 26.2 Å². The van der Waals surface area contributed by atoms with E-state index in [2.05, 4.69) is 29.1 Å². The molecule has 3 N–H and O–H groups in total. The molecule has 5 nitrogen and oxygen atoms in total. The quantitative estimate of drug-likeness (QED) is 0.854. The monoisotopic (exact) mass is 264 g/mol. The maximum atomic E-state index is 5.96. The number of hydrogen-bond donors (Lipinski definition) is 2. The van der Waals surface area contributed by atoms with E-state index in [-0.39, 0.29) is 11.5 Å². The van der Waals surface area contributed by atoms with Gasteiger partial charge in [0.1, 0.15) is 17.5 Å². The predicted octanol–water partition coefficient (Wildman–Crippen LogP) is 2.47. The van der Waals surface area contributed by atoms with Crippen molar-refractivity contribution in [2.24, 2.45) is 0 Å². The number of nitrogen functional groups attached to an aromatic ring is 1. The Balaban J connectivity index is 2.15. The number of ether oxygens (including phenoxy) is 1. The Bertz CT molecular complexity index is 449. The van der Waals surface area contributed by atoms with Crippen LogP contribution in [0.1, 0.15) is 50.4 Å². The van der Waals surface area contributed by atoms with Crippen molar-refractivity contribution in [2.45, 2.75) is 51.6 Å². The third-order valence-corrected chi connectivity index (χ3v) is 3.99. The lowest BCUT2D eigenvalue weighted by Crippen LogP contribution is -2.45. The minimum absolute atomic E-state index is 0.0237. The molecule has 0 radical (unpaired) electrons. The van der Waals surface area contributed by atoms with Crippen LogP contribution in [0.5, 0.6) is 0 Å². The molecule has 0 saturated heterocycles. The van der Waals surface area contributed by atoms with Crippen LogP contribution in [0.4, 0.5) is 11.6 Å². The van der Waals surface area contributed by atoms with Gasteiger partial charge >= 0.3 is 0 Å². The molecule has 1 saturated carbocycles. The molecule has 106 valence electrons. The van der Waals surface area contributed by atoms with Gasteiger partial charge in [0.05, 0.1) is 5.60 Å². The highest BCUT2D eigenvalue weighted by molar-refractivity contribution is 5.55. The summed E-state index contributed by atoms with van der Waals surface area (Å²) < 4.78 is 5.61. The van der Waals surface area contributed by atoms with E-state index in [9.17, 15) is 0 Å². The molecular formula is C14H24N4O. The van der Waals surface area contributed by atoms with Crippen molar-refractivity contribution in [2.75, 3.05) is 24.7 Å². The minimum Gasteiger partial charge on any atom is -0.383 e. The molecule has 1 aliphatic carbocycles. The second kappa shape index (κ2) is 5.33. The van der Waals surface area contributed by atoms with Crippen LogP contribution in [0.2, 0.25) is 0 Å². The predicted molar refractivity (Wildman–Crippen MR) is 77.4 cm³/mol. The Morgan fingerprint density at radius 2 is 2.05 bits per heavy atom. The summed E-state index contributed by atoms with van der Waals surface area (Å²) in [6, 6.07) is 0. The molecule has 1 fully saturated rings. The smallest absolute Gasteiger partial charge is 0.135 e. The van der Waals surface area contributed by atoms with Crippen LogP contribution in [-0.4, -0.2) is 29.2 Å². The van der Waals surface area contributed by atoms with Crippen LogP contribution in [-0.2, 0) is 4.74 Å². The molecule has 2 rings (SSSR count).